The Balaban J connectivity index is 1.57. The quantitative estimate of drug-likeness (QED) is 0.723. The van der Waals surface area contributed by atoms with Crippen molar-refractivity contribution in [3.05, 3.63) is 40.8 Å². The van der Waals surface area contributed by atoms with Crippen molar-refractivity contribution in [3.63, 3.8) is 0 Å². The van der Waals surface area contributed by atoms with E-state index in [1.807, 2.05) is 25.2 Å². The molecule has 7 heteroatoms. The summed E-state index contributed by atoms with van der Waals surface area (Å²) < 4.78 is 8.56. The van der Waals surface area contributed by atoms with Gasteiger partial charge >= 0.3 is 0 Å². The Hall–Kier alpha value is -2.15. The predicted molar refractivity (Wildman–Crippen MR) is 96.0 cm³/mol. The zero-order valence-corrected chi connectivity index (χ0v) is 15.0. The lowest BCUT2D eigenvalue weighted by molar-refractivity contribution is 0.119. The SMILES string of the molecule is Cn1nc(Br)c2c(NCc3ccccc3OC3CCC3)ncnc21. The Labute approximate surface area is 148 Å². The van der Waals surface area contributed by atoms with Gasteiger partial charge in [-0.3, -0.25) is 0 Å². The maximum absolute atomic E-state index is 6.09. The van der Waals surface area contributed by atoms with E-state index < -0.39 is 0 Å². The van der Waals surface area contributed by atoms with Gasteiger partial charge in [-0.2, -0.15) is 5.10 Å². The van der Waals surface area contributed by atoms with E-state index in [1.54, 1.807) is 11.0 Å². The Kier molecular flexibility index (Phi) is 4.10. The first-order valence-electron chi connectivity index (χ1n) is 8.04. The molecule has 1 aromatic carbocycles. The van der Waals surface area contributed by atoms with Gasteiger partial charge in [0.2, 0.25) is 0 Å². The Morgan fingerprint density at radius 1 is 1.29 bits per heavy atom. The number of ether oxygens (including phenoxy) is 1. The number of anilines is 1. The fraction of sp³-hybridized carbons (Fsp3) is 0.353. The predicted octanol–water partition coefficient (Wildman–Crippen LogP) is 3.67. The Morgan fingerprint density at radius 2 is 2.12 bits per heavy atom. The topological polar surface area (TPSA) is 64.9 Å². The van der Waals surface area contributed by atoms with Crippen molar-refractivity contribution in [2.75, 3.05) is 5.32 Å². The summed E-state index contributed by atoms with van der Waals surface area (Å²) in [5.41, 5.74) is 1.91. The van der Waals surface area contributed by atoms with Gasteiger partial charge in [-0.1, -0.05) is 18.2 Å². The first-order valence-corrected chi connectivity index (χ1v) is 8.83. The highest BCUT2D eigenvalue weighted by atomic mass is 79.9. The molecule has 0 radical (unpaired) electrons. The molecule has 1 aliphatic rings. The standard InChI is InChI=1S/C17H18BrN5O/c1-23-17-14(15(18)22-23)16(20-10-21-17)19-9-11-5-2-3-8-13(11)24-12-6-4-7-12/h2-3,5,8,10,12H,4,6-7,9H2,1H3,(H,19,20,21). The van der Waals surface area contributed by atoms with Crippen molar-refractivity contribution >= 4 is 32.8 Å². The average molecular weight is 388 g/mol. The molecule has 0 aliphatic heterocycles. The van der Waals surface area contributed by atoms with Crippen LogP contribution in [0.3, 0.4) is 0 Å². The van der Waals surface area contributed by atoms with E-state index in [9.17, 15) is 0 Å². The minimum absolute atomic E-state index is 0.365. The molecule has 0 unspecified atom stereocenters. The number of halogens is 1. The van der Waals surface area contributed by atoms with Gasteiger partial charge in [0.25, 0.3) is 0 Å². The van der Waals surface area contributed by atoms with Crippen LogP contribution < -0.4 is 10.1 Å². The van der Waals surface area contributed by atoms with E-state index in [0.29, 0.717) is 12.6 Å². The van der Waals surface area contributed by atoms with Crippen LogP contribution in [0.1, 0.15) is 24.8 Å². The maximum Gasteiger partial charge on any atom is 0.164 e. The molecule has 124 valence electrons. The molecule has 1 saturated carbocycles. The molecule has 24 heavy (non-hydrogen) atoms. The summed E-state index contributed by atoms with van der Waals surface area (Å²) in [7, 11) is 1.87. The minimum Gasteiger partial charge on any atom is -0.490 e. The lowest BCUT2D eigenvalue weighted by Crippen LogP contribution is -2.25. The maximum atomic E-state index is 6.09. The van der Waals surface area contributed by atoms with E-state index in [4.69, 9.17) is 4.74 Å². The van der Waals surface area contributed by atoms with Crippen molar-refractivity contribution in [2.45, 2.75) is 31.9 Å². The van der Waals surface area contributed by atoms with Crippen LogP contribution in [0.2, 0.25) is 0 Å². The summed E-state index contributed by atoms with van der Waals surface area (Å²) in [6.07, 6.45) is 5.48. The van der Waals surface area contributed by atoms with Crippen LogP contribution in [0.15, 0.2) is 35.2 Å². The summed E-state index contributed by atoms with van der Waals surface area (Å²) in [5, 5.41) is 8.63. The van der Waals surface area contributed by atoms with E-state index in [2.05, 4.69) is 42.4 Å². The van der Waals surface area contributed by atoms with E-state index in [-0.39, 0.29) is 0 Å². The molecule has 1 fully saturated rings. The number of para-hydroxylation sites is 1. The van der Waals surface area contributed by atoms with Crippen LogP contribution in [0.5, 0.6) is 5.75 Å². The summed E-state index contributed by atoms with van der Waals surface area (Å²) >= 11 is 3.48. The molecule has 1 aliphatic carbocycles. The fourth-order valence-electron chi connectivity index (χ4n) is 2.79. The molecule has 3 aromatic rings. The molecule has 0 atom stereocenters. The van der Waals surface area contributed by atoms with Crippen LogP contribution in [-0.2, 0) is 13.6 Å². The third-order valence-electron chi connectivity index (χ3n) is 4.34. The zero-order chi connectivity index (χ0) is 16.5. The number of nitrogens with one attached hydrogen (secondary N) is 1. The lowest BCUT2D eigenvalue weighted by Gasteiger charge is -2.27. The highest BCUT2D eigenvalue weighted by Gasteiger charge is 2.20. The largest absolute Gasteiger partial charge is 0.490 e. The highest BCUT2D eigenvalue weighted by molar-refractivity contribution is 9.10. The third kappa shape index (κ3) is 2.84. The van der Waals surface area contributed by atoms with Crippen molar-refractivity contribution in [3.8, 4) is 5.75 Å². The first-order chi connectivity index (χ1) is 11.7. The molecule has 0 spiro atoms. The second-order valence-corrected chi connectivity index (χ2v) is 6.72. The van der Waals surface area contributed by atoms with Crippen LogP contribution in [0.25, 0.3) is 11.0 Å². The van der Waals surface area contributed by atoms with Gasteiger partial charge in [-0.15, -0.1) is 0 Å². The lowest BCUT2D eigenvalue weighted by atomic mass is 9.96. The van der Waals surface area contributed by atoms with Crippen molar-refractivity contribution in [1.29, 1.82) is 0 Å². The summed E-state index contributed by atoms with van der Waals surface area (Å²) in [6, 6.07) is 8.15. The molecule has 2 aromatic heterocycles. The second-order valence-electron chi connectivity index (χ2n) is 5.97. The van der Waals surface area contributed by atoms with Gasteiger partial charge in [-0.25, -0.2) is 14.6 Å². The number of hydrogen-bond acceptors (Lipinski definition) is 5. The smallest absolute Gasteiger partial charge is 0.164 e. The number of benzene rings is 1. The van der Waals surface area contributed by atoms with Gasteiger partial charge in [0.15, 0.2) is 5.65 Å². The number of aryl methyl sites for hydroxylation is 1. The third-order valence-corrected chi connectivity index (χ3v) is 4.90. The normalized spacial score (nSPS) is 14.6. The Bertz CT molecular complexity index is 875. The minimum atomic E-state index is 0.365. The number of hydrogen-bond donors (Lipinski definition) is 1. The number of rotatable bonds is 5. The molecular formula is C17H18BrN5O. The van der Waals surface area contributed by atoms with Gasteiger partial charge in [0, 0.05) is 19.2 Å². The monoisotopic (exact) mass is 387 g/mol. The summed E-state index contributed by atoms with van der Waals surface area (Å²) in [5.74, 6) is 1.71. The van der Waals surface area contributed by atoms with Gasteiger partial charge in [0.1, 0.15) is 22.5 Å². The van der Waals surface area contributed by atoms with Crippen LogP contribution in [0.4, 0.5) is 5.82 Å². The Morgan fingerprint density at radius 3 is 2.92 bits per heavy atom. The van der Waals surface area contributed by atoms with Gasteiger partial charge in [-0.05, 0) is 41.3 Å². The molecule has 2 heterocycles. The van der Waals surface area contributed by atoms with Crippen molar-refractivity contribution in [2.24, 2.45) is 7.05 Å². The first kappa shape index (κ1) is 15.4. The van der Waals surface area contributed by atoms with Crippen LogP contribution in [0, 0.1) is 0 Å². The van der Waals surface area contributed by atoms with Crippen LogP contribution in [-0.4, -0.2) is 25.9 Å². The van der Waals surface area contributed by atoms with Crippen LogP contribution >= 0.6 is 15.9 Å². The fourth-order valence-corrected chi connectivity index (χ4v) is 3.39. The van der Waals surface area contributed by atoms with E-state index in [1.165, 1.54) is 6.42 Å². The average Bonchev–Trinajstić information content (AvgIpc) is 2.85. The summed E-state index contributed by atoms with van der Waals surface area (Å²) in [6.45, 7) is 0.635. The highest BCUT2D eigenvalue weighted by Crippen LogP contribution is 2.30. The zero-order valence-electron chi connectivity index (χ0n) is 13.4. The van der Waals surface area contributed by atoms with E-state index >= 15 is 0 Å². The molecule has 1 N–H and O–H groups in total. The number of nitrogens with zero attached hydrogens (tertiary/aromatic N) is 4. The molecule has 0 saturated heterocycles. The van der Waals surface area contributed by atoms with Gasteiger partial charge < -0.3 is 10.1 Å². The molecule has 6 nitrogen and oxygen atoms in total. The van der Waals surface area contributed by atoms with Crippen molar-refractivity contribution in [1.82, 2.24) is 19.7 Å². The second kappa shape index (κ2) is 6.39. The summed E-state index contributed by atoms with van der Waals surface area (Å²) in [4.78, 5) is 8.66. The van der Waals surface area contributed by atoms with Crippen molar-refractivity contribution < 1.29 is 4.74 Å². The van der Waals surface area contributed by atoms with Gasteiger partial charge in [0.05, 0.1) is 11.5 Å². The molecule has 4 rings (SSSR count). The number of aromatic nitrogens is 4. The molecular weight excluding hydrogens is 370 g/mol. The molecule has 0 bridgehead atoms. The molecule has 0 amide bonds. The van der Waals surface area contributed by atoms with E-state index in [0.717, 1.165) is 45.6 Å². The number of fused-ring (bicyclic) bond motifs is 1.